The van der Waals surface area contributed by atoms with Crippen molar-refractivity contribution in [1.82, 2.24) is 10.2 Å². The fraction of sp³-hybridized carbons (Fsp3) is 0.0400. The summed E-state index contributed by atoms with van der Waals surface area (Å²) >= 11 is 1.72. The highest BCUT2D eigenvalue weighted by Gasteiger charge is 2.05. The molecule has 5 rings (SSSR count). The number of fused-ring (bicyclic) bond motifs is 2. The van der Waals surface area contributed by atoms with Crippen molar-refractivity contribution in [3.8, 4) is 11.3 Å². The average molecular weight is 379 g/mol. The zero-order valence-corrected chi connectivity index (χ0v) is 16.1. The lowest BCUT2D eigenvalue weighted by molar-refractivity contribution is 0.936. The van der Waals surface area contributed by atoms with Crippen molar-refractivity contribution in [1.29, 1.82) is 0 Å². The second kappa shape index (κ2) is 7.45. The first-order valence-corrected chi connectivity index (χ1v) is 10.3. The van der Waals surface area contributed by atoms with Gasteiger partial charge in [0.25, 0.3) is 0 Å². The summed E-state index contributed by atoms with van der Waals surface area (Å²) in [5, 5.41) is 14.9. The van der Waals surface area contributed by atoms with Crippen LogP contribution in [0, 0.1) is 0 Å². The molecule has 4 aromatic carbocycles. The summed E-state index contributed by atoms with van der Waals surface area (Å²) < 4.78 is 0. The van der Waals surface area contributed by atoms with Crippen LogP contribution < -0.4 is 0 Å². The lowest BCUT2D eigenvalue weighted by Crippen LogP contribution is -1.91. The number of aromatic nitrogens is 2. The topological polar surface area (TPSA) is 25.8 Å². The highest BCUT2D eigenvalue weighted by molar-refractivity contribution is 7.98. The third-order valence-electron chi connectivity index (χ3n) is 4.94. The van der Waals surface area contributed by atoms with Gasteiger partial charge in [-0.1, -0.05) is 90.6 Å². The molecule has 1 aromatic heterocycles. The van der Waals surface area contributed by atoms with Crippen molar-refractivity contribution in [2.45, 2.75) is 10.8 Å². The number of benzene rings is 4. The molecule has 0 unspecified atom stereocenters. The summed E-state index contributed by atoms with van der Waals surface area (Å²) in [4.78, 5) is 0. The number of rotatable bonds is 4. The molecule has 0 atom stereocenters. The zero-order valence-electron chi connectivity index (χ0n) is 15.2. The van der Waals surface area contributed by atoms with Crippen LogP contribution in [0.15, 0.2) is 102 Å². The Balaban J connectivity index is 1.36. The first kappa shape index (κ1) is 17.0. The molecule has 1 heterocycles. The van der Waals surface area contributed by atoms with Crippen molar-refractivity contribution >= 4 is 33.3 Å². The highest BCUT2D eigenvalue weighted by atomic mass is 32.2. The van der Waals surface area contributed by atoms with Gasteiger partial charge in [0, 0.05) is 11.3 Å². The van der Waals surface area contributed by atoms with Gasteiger partial charge in [0.1, 0.15) is 5.03 Å². The summed E-state index contributed by atoms with van der Waals surface area (Å²) in [5.41, 5.74) is 3.32. The molecule has 3 heteroatoms. The molecule has 0 aliphatic rings. The molecule has 0 bridgehead atoms. The van der Waals surface area contributed by atoms with E-state index in [0.717, 1.165) is 22.0 Å². The van der Waals surface area contributed by atoms with Crippen LogP contribution in [0.2, 0.25) is 0 Å². The molecule has 2 nitrogen and oxygen atoms in total. The van der Waals surface area contributed by atoms with Crippen LogP contribution in [-0.2, 0) is 5.75 Å². The third kappa shape index (κ3) is 3.37. The van der Waals surface area contributed by atoms with Crippen LogP contribution in [0.5, 0.6) is 0 Å². The van der Waals surface area contributed by atoms with Gasteiger partial charge < -0.3 is 0 Å². The molecule has 28 heavy (non-hydrogen) atoms. The van der Waals surface area contributed by atoms with Gasteiger partial charge in [0.2, 0.25) is 0 Å². The molecule has 0 amide bonds. The Morgan fingerprint density at radius 2 is 1.39 bits per heavy atom. The molecule has 0 aliphatic carbocycles. The average Bonchev–Trinajstić information content (AvgIpc) is 2.77. The molecule has 0 aliphatic heterocycles. The number of hydrogen-bond acceptors (Lipinski definition) is 3. The molecule has 0 radical (unpaired) electrons. The largest absolute Gasteiger partial charge is 0.149 e. The van der Waals surface area contributed by atoms with Crippen molar-refractivity contribution in [2.75, 3.05) is 0 Å². The van der Waals surface area contributed by atoms with Gasteiger partial charge >= 0.3 is 0 Å². The summed E-state index contributed by atoms with van der Waals surface area (Å²) in [5.74, 6) is 0.880. The fourth-order valence-electron chi connectivity index (χ4n) is 3.47. The van der Waals surface area contributed by atoms with E-state index in [1.807, 2.05) is 0 Å². The van der Waals surface area contributed by atoms with Crippen LogP contribution >= 0.6 is 11.8 Å². The molecule has 134 valence electrons. The SMILES string of the molecule is c1ccc2cc(-c3ccc(SCc4cccc5ccccc45)nn3)ccc2c1. The highest BCUT2D eigenvalue weighted by Crippen LogP contribution is 2.28. The van der Waals surface area contributed by atoms with Crippen molar-refractivity contribution in [3.05, 3.63) is 103 Å². The predicted octanol–water partition coefficient (Wildman–Crippen LogP) is 6.74. The van der Waals surface area contributed by atoms with Gasteiger partial charge in [-0.05, 0) is 45.3 Å². The summed E-state index contributed by atoms with van der Waals surface area (Å²) in [6.07, 6.45) is 0. The smallest absolute Gasteiger partial charge is 0.119 e. The maximum absolute atomic E-state index is 4.46. The number of nitrogens with zero attached hydrogens (tertiary/aromatic N) is 2. The minimum atomic E-state index is 0.880. The summed E-state index contributed by atoms with van der Waals surface area (Å²) in [6, 6.07) is 33.9. The fourth-order valence-corrected chi connectivity index (χ4v) is 4.29. The van der Waals surface area contributed by atoms with E-state index in [-0.39, 0.29) is 0 Å². The van der Waals surface area contributed by atoms with Crippen LogP contribution in [0.25, 0.3) is 32.8 Å². The van der Waals surface area contributed by atoms with E-state index in [2.05, 4.69) is 107 Å². The van der Waals surface area contributed by atoms with Crippen molar-refractivity contribution in [2.24, 2.45) is 0 Å². The molecule has 0 fully saturated rings. The number of thioether (sulfide) groups is 1. The van der Waals surface area contributed by atoms with Gasteiger partial charge in [-0.25, -0.2) is 0 Å². The minimum absolute atomic E-state index is 0.880. The Kier molecular flexibility index (Phi) is 4.51. The van der Waals surface area contributed by atoms with Gasteiger partial charge in [-0.3, -0.25) is 0 Å². The van der Waals surface area contributed by atoms with Gasteiger partial charge in [0.15, 0.2) is 0 Å². The standard InChI is InChI=1S/C25H18N2S/c1-2-8-20-16-21(13-12-18(20)6-1)24-14-15-25(27-26-24)28-17-22-10-5-9-19-7-3-4-11-23(19)22/h1-16H,17H2. The Bertz CT molecular complexity index is 1260. The van der Waals surface area contributed by atoms with E-state index in [4.69, 9.17) is 0 Å². The first-order chi connectivity index (χ1) is 13.9. The van der Waals surface area contributed by atoms with Crippen LogP contribution in [0.4, 0.5) is 0 Å². The predicted molar refractivity (Wildman–Crippen MR) is 118 cm³/mol. The molecule has 0 saturated carbocycles. The second-order valence-electron chi connectivity index (χ2n) is 6.75. The van der Waals surface area contributed by atoms with Gasteiger partial charge in [0.05, 0.1) is 5.69 Å². The van der Waals surface area contributed by atoms with Crippen molar-refractivity contribution < 1.29 is 0 Å². The van der Waals surface area contributed by atoms with Crippen LogP contribution in [-0.4, -0.2) is 10.2 Å². The second-order valence-corrected chi connectivity index (χ2v) is 7.74. The molecular weight excluding hydrogens is 360 g/mol. The summed E-state index contributed by atoms with van der Waals surface area (Å²) in [6.45, 7) is 0. The van der Waals surface area contributed by atoms with E-state index in [0.29, 0.717) is 0 Å². The van der Waals surface area contributed by atoms with E-state index in [9.17, 15) is 0 Å². The third-order valence-corrected chi connectivity index (χ3v) is 5.91. The lowest BCUT2D eigenvalue weighted by atomic mass is 10.1. The lowest BCUT2D eigenvalue weighted by Gasteiger charge is -2.07. The molecule has 0 spiro atoms. The normalized spacial score (nSPS) is 11.1. The zero-order chi connectivity index (χ0) is 18.8. The molecule has 0 saturated heterocycles. The Morgan fingerprint density at radius 3 is 2.25 bits per heavy atom. The Hall–Kier alpha value is -3.17. The number of hydrogen-bond donors (Lipinski definition) is 0. The van der Waals surface area contributed by atoms with Crippen molar-refractivity contribution in [3.63, 3.8) is 0 Å². The monoisotopic (exact) mass is 378 g/mol. The van der Waals surface area contributed by atoms with Gasteiger partial charge in [-0.15, -0.1) is 10.2 Å². The van der Waals surface area contributed by atoms with Gasteiger partial charge in [-0.2, -0.15) is 0 Å². The van der Waals surface area contributed by atoms with E-state index in [1.165, 1.54) is 27.1 Å². The van der Waals surface area contributed by atoms with E-state index < -0.39 is 0 Å². The van der Waals surface area contributed by atoms with E-state index >= 15 is 0 Å². The molecule has 5 aromatic rings. The summed E-state index contributed by atoms with van der Waals surface area (Å²) in [7, 11) is 0. The Labute approximate surface area is 168 Å². The van der Waals surface area contributed by atoms with Crippen LogP contribution in [0.1, 0.15) is 5.56 Å². The molecular formula is C25H18N2S. The first-order valence-electron chi connectivity index (χ1n) is 9.29. The van der Waals surface area contributed by atoms with Crippen LogP contribution in [0.3, 0.4) is 0 Å². The van der Waals surface area contributed by atoms with E-state index in [1.54, 1.807) is 11.8 Å². The maximum atomic E-state index is 4.46. The Morgan fingerprint density at radius 1 is 0.607 bits per heavy atom. The molecule has 0 N–H and O–H groups in total. The quantitative estimate of drug-likeness (QED) is 0.324. The minimum Gasteiger partial charge on any atom is -0.149 e. The maximum Gasteiger partial charge on any atom is 0.119 e.